The molecule has 0 radical (unpaired) electrons. The lowest BCUT2D eigenvalue weighted by Gasteiger charge is -2.13. The maximum atomic E-state index is 13.1. The summed E-state index contributed by atoms with van der Waals surface area (Å²) in [6.07, 6.45) is 0.905. The number of rotatable bonds is 8. The lowest BCUT2D eigenvalue weighted by Crippen LogP contribution is -2.23. The Hall–Kier alpha value is -2.80. The molecule has 0 aliphatic carbocycles. The average Bonchev–Trinajstić information content (AvgIpc) is 2.78. The smallest absolute Gasteiger partial charge is 0.266 e. The van der Waals surface area contributed by atoms with Crippen LogP contribution in [0.2, 0.25) is 5.02 Å². The summed E-state index contributed by atoms with van der Waals surface area (Å²) in [5, 5.41) is 2.04. The zero-order valence-corrected chi connectivity index (χ0v) is 17.8. The molecule has 0 atom stereocenters. The lowest BCUT2D eigenvalue weighted by atomic mass is 10.2. The standard InChI is InChI=1S/C23H21ClN4OS/c24-17-11-13-18(14-12-17)27-25-15-6-16-30-23-26-21-10-5-4-9-20(21)22(29)28(23)19-7-2-1-3-8-19/h1-5,7-14,25,27H,6,15-16H2. The van der Waals surface area contributed by atoms with Crippen LogP contribution in [0.15, 0.2) is 88.8 Å². The van der Waals surface area contributed by atoms with Crippen molar-refractivity contribution < 1.29 is 0 Å². The Bertz CT molecular complexity index is 1180. The Morgan fingerprint density at radius 1 is 0.933 bits per heavy atom. The van der Waals surface area contributed by atoms with E-state index >= 15 is 0 Å². The van der Waals surface area contributed by atoms with Crippen LogP contribution in [0.5, 0.6) is 0 Å². The fourth-order valence-corrected chi connectivity index (χ4v) is 4.11. The molecule has 7 heteroatoms. The number of hydrazine groups is 1. The van der Waals surface area contributed by atoms with Crippen LogP contribution in [0, 0.1) is 0 Å². The molecule has 1 aromatic heterocycles. The third kappa shape index (κ3) is 4.84. The van der Waals surface area contributed by atoms with Crippen LogP contribution in [0.3, 0.4) is 0 Å². The van der Waals surface area contributed by atoms with E-state index in [-0.39, 0.29) is 5.56 Å². The van der Waals surface area contributed by atoms with E-state index in [1.54, 1.807) is 16.3 Å². The number of nitrogens with zero attached hydrogens (tertiary/aromatic N) is 2. The van der Waals surface area contributed by atoms with Crippen LogP contribution >= 0.6 is 23.4 Å². The van der Waals surface area contributed by atoms with Gasteiger partial charge >= 0.3 is 0 Å². The van der Waals surface area contributed by atoms with E-state index in [0.29, 0.717) is 15.6 Å². The van der Waals surface area contributed by atoms with Crippen LogP contribution in [-0.4, -0.2) is 21.8 Å². The molecule has 152 valence electrons. The number of hydrogen-bond acceptors (Lipinski definition) is 5. The molecule has 4 aromatic rings. The zero-order valence-electron chi connectivity index (χ0n) is 16.2. The van der Waals surface area contributed by atoms with Gasteiger partial charge in [0, 0.05) is 23.0 Å². The molecule has 0 bridgehead atoms. The SMILES string of the molecule is O=c1c2ccccc2nc(SCCCNNc2ccc(Cl)cc2)n1-c1ccccc1. The van der Waals surface area contributed by atoms with E-state index in [4.69, 9.17) is 16.6 Å². The highest BCUT2D eigenvalue weighted by molar-refractivity contribution is 7.99. The first-order valence-corrected chi connectivity index (χ1v) is 11.0. The zero-order chi connectivity index (χ0) is 20.8. The van der Waals surface area contributed by atoms with Gasteiger partial charge in [-0.3, -0.25) is 9.36 Å². The maximum Gasteiger partial charge on any atom is 0.266 e. The second kappa shape index (κ2) is 9.80. The average molecular weight is 437 g/mol. The first kappa shape index (κ1) is 20.5. The van der Waals surface area contributed by atoms with Crippen molar-refractivity contribution in [1.82, 2.24) is 15.0 Å². The van der Waals surface area contributed by atoms with Gasteiger partial charge in [-0.2, -0.15) is 0 Å². The molecule has 3 aromatic carbocycles. The molecule has 1 heterocycles. The number of nitrogens with one attached hydrogen (secondary N) is 2. The minimum absolute atomic E-state index is 0.0446. The van der Waals surface area contributed by atoms with E-state index in [2.05, 4.69) is 10.9 Å². The number of anilines is 1. The minimum Gasteiger partial charge on any atom is -0.322 e. The number of benzene rings is 3. The summed E-state index contributed by atoms with van der Waals surface area (Å²) in [6, 6.07) is 24.7. The highest BCUT2D eigenvalue weighted by Gasteiger charge is 2.12. The van der Waals surface area contributed by atoms with E-state index in [1.165, 1.54) is 0 Å². The van der Waals surface area contributed by atoms with Crippen molar-refractivity contribution in [3.63, 3.8) is 0 Å². The Balaban J connectivity index is 1.44. The van der Waals surface area contributed by atoms with Gasteiger partial charge in [0.15, 0.2) is 5.16 Å². The van der Waals surface area contributed by atoms with Crippen LogP contribution in [0.25, 0.3) is 16.6 Å². The van der Waals surface area contributed by atoms with E-state index in [0.717, 1.165) is 35.6 Å². The van der Waals surface area contributed by atoms with Crippen molar-refractivity contribution in [2.45, 2.75) is 11.6 Å². The predicted octanol–water partition coefficient (Wildman–Crippen LogP) is 5.14. The van der Waals surface area contributed by atoms with Gasteiger partial charge in [0.25, 0.3) is 5.56 Å². The van der Waals surface area contributed by atoms with Crippen molar-refractivity contribution in [3.05, 3.63) is 94.2 Å². The number of para-hydroxylation sites is 2. The van der Waals surface area contributed by atoms with Gasteiger partial charge in [-0.15, -0.1) is 0 Å². The van der Waals surface area contributed by atoms with Crippen LogP contribution in [0.1, 0.15) is 6.42 Å². The number of aromatic nitrogens is 2. The molecular formula is C23H21ClN4OS. The fraction of sp³-hybridized carbons (Fsp3) is 0.130. The molecule has 4 rings (SSSR count). The molecule has 0 saturated carbocycles. The number of fused-ring (bicyclic) bond motifs is 1. The molecule has 0 aliphatic heterocycles. The van der Waals surface area contributed by atoms with Crippen molar-refractivity contribution >= 4 is 40.0 Å². The Kier molecular flexibility index (Phi) is 6.69. The van der Waals surface area contributed by atoms with E-state index in [1.807, 2.05) is 78.9 Å². The number of halogens is 1. The van der Waals surface area contributed by atoms with Crippen molar-refractivity contribution in [3.8, 4) is 5.69 Å². The van der Waals surface area contributed by atoms with E-state index < -0.39 is 0 Å². The first-order valence-electron chi connectivity index (χ1n) is 9.67. The van der Waals surface area contributed by atoms with Crippen LogP contribution in [0.4, 0.5) is 5.69 Å². The largest absolute Gasteiger partial charge is 0.322 e. The molecule has 0 saturated heterocycles. The van der Waals surface area contributed by atoms with Gasteiger partial charge in [0.05, 0.1) is 16.6 Å². The molecule has 0 amide bonds. The van der Waals surface area contributed by atoms with E-state index in [9.17, 15) is 4.79 Å². The lowest BCUT2D eigenvalue weighted by molar-refractivity contribution is 0.762. The normalized spacial score (nSPS) is 11.0. The second-order valence-electron chi connectivity index (χ2n) is 6.65. The summed E-state index contributed by atoms with van der Waals surface area (Å²) in [6.45, 7) is 0.777. The van der Waals surface area contributed by atoms with Crippen molar-refractivity contribution in [2.75, 3.05) is 17.7 Å². The van der Waals surface area contributed by atoms with Gasteiger partial charge < -0.3 is 5.43 Å². The van der Waals surface area contributed by atoms with Gasteiger partial charge in [-0.05, 0) is 55.0 Å². The third-order valence-electron chi connectivity index (χ3n) is 4.51. The summed E-state index contributed by atoms with van der Waals surface area (Å²) in [4.78, 5) is 17.9. The predicted molar refractivity (Wildman–Crippen MR) is 126 cm³/mol. The summed E-state index contributed by atoms with van der Waals surface area (Å²) >= 11 is 7.48. The monoisotopic (exact) mass is 436 g/mol. The first-order chi connectivity index (χ1) is 14.7. The number of thioether (sulfide) groups is 1. The Morgan fingerprint density at radius 3 is 2.47 bits per heavy atom. The van der Waals surface area contributed by atoms with Crippen LogP contribution in [-0.2, 0) is 0 Å². The molecule has 0 fully saturated rings. The maximum absolute atomic E-state index is 13.1. The van der Waals surface area contributed by atoms with Gasteiger partial charge in [0.1, 0.15) is 0 Å². The van der Waals surface area contributed by atoms with Crippen molar-refractivity contribution in [2.24, 2.45) is 0 Å². The second-order valence-corrected chi connectivity index (χ2v) is 8.15. The molecule has 5 nitrogen and oxygen atoms in total. The highest BCUT2D eigenvalue weighted by atomic mass is 35.5. The Morgan fingerprint density at radius 2 is 1.67 bits per heavy atom. The minimum atomic E-state index is -0.0446. The summed E-state index contributed by atoms with van der Waals surface area (Å²) in [7, 11) is 0. The topological polar surface area (TPSA) is 59.0 Å². The summed E-state index contributed by atoms with van der Waals surface area (Å²) in [5.74, 6) is 0.826. The Labute approximate surface area is 184 Å². The molecule has 0 spiro atoms. The fourth-order valence-electron chi connectivity index (χ4n) is 3.04. The number of hydrogen-bond donors (Lipinski definition) is 2. The summed E-state index contributed by atoms with van der Waals surface area (Å²) in [5.41, 5.74) is 8.81. The molecule has 0 aliphatic rings. The van der Waals surface area contributed by atoms with Gasteiger partial charge in [-0.25, -0.2) is 10.4 Å². The van der Waals surface area contributed by atoms with Gasteiger partial charge in [-0.1, -0.05) is 53.7 Å². The quantitative estimate of drug-likeness (QED) is 0.173. The van der Waals surface area contributed by atoms with Crippen LogP contribution < -0.4 is 16.4 Å². The third-order valence-corrected chi connectivity index (χ3v) is 5.79. The molecular weight excluding hydrogens is 416 g/mol. The molecule has 30 heavy (non-hydrogen) atoms. The summed E-state index contributed by atoms with van der Waals surface area (Å²) < 4.78 is 1.70. The van der Waals surface area contributed by atoms with Crippen molar-refractivity contribution in [1.29, 1.82) is 0 Å². The molecule has 0 unspecified atom stereocenters. The molecule has 2 N–H and O–H groups in total. The highest BCUT2D eigenvalue weighted by Crippen LogP contribution is 2.21. The van der Waals surface area contributed by atoms with Gasteiger partial charge in [0.2, 0.25) is 0 Å².